The van der Waals surface area contributed by atoms with Crippen LogP contribution in [0.15, 0.2) is 83.3 Å². The molecule has 0 aliphatic heterocycles. The van der Waals surface area contributed by atoms with Gasteiger partial charge in [-0.25, -0.2) is 0 Å². The number of nitrogens with one attached hydrogen (secondary N) is 1. The Labute approximate surface area is 181 Å². The molecule has 3 nitrogen and oxygen atoms in total. The molecule has 144 valence electrons. The van der Waals surface area contributed by atoms with Gasteiger partial charge in [0.2, 0.25) is 0 Å². The molecule has 0 aliphatic carbocycles. The first-order chi connectivity index (χ1) is 13.5. The van der Waals surface area contributed by atoms with Crippen LogP contribution in [0.4, 0.5) is 11.4 Å². The first-order valence-corrected chi connectivity index (χ1v) is 10.3. The summed E-state index contributed by atoms with van der Waals surface area (Å²) in [6.07, 6.45) is 0. The maximum atomic E-state index is 5.75. The average Bonchev–Trinajstić information content (AvgIpc) is 2.70. The fourth-order valence-electron chi connectivity index (χ4n) is 2.86. The summed E-state index contributed by atoms with van der Waals surface area (Å²) in [7, 11) is 4.10. The van der Waals surface area contributed by atoms with Crippen LogP contribution in [0.2, 0.25) is 0 Å². The van der Waals surface area contributed by atoms with Crippen LogP contribution in [0, 0.1) is 0 Å². The van der Waals surface area contributed by atoms with E-state index in [0.717, 1.165) is 23.2 Å². The second-order valence-electron chi connectivity index (χ2n) is 6.84. The zero-order valence-corrected chi connectivity index (χ0v) is 18.5. The van der Waals surface area contributed by atoms with Gasteiger partial charge in [0.25, 0.3) is 0 Å². The van der Waals surface area contributed by atoms with Crippen molar-refractivity contribution in [3.05, 3.63) is 94.5 Å². The molecule has 0 bridgehead atoms. The number of thiocarbonyl (C=S) groups is 1. The van der Waals surface area contributed by atoms with Crippen LogP contribution in [-0.2, 0) is 13.1 Å². The molecule has 1 N–H and O–H groups in total. The highest BCUT2D eigenvalue weighted by Crippen LogP contribution is 2.18. The van der Waals surface area contributed by atoms with Gasteiger partial charge in [0, 0.05) is 43.0 Å². The zero-order chi connectivity index (χ0) is 19.9. The molecule has 0 aliphatic rings. The van der Waals surface area contributed by atoms with Crippen molar-refractivity contribution in [2.75, 3.05) is 24.3 Å². The lowest BCUT2D eigenvalue weighted by molar-refractivity contribution is 0.413. The Morgan fingerprint density at radius 1 is 0.821 bits per heavy atom. The number of halogens is 1. The highest BCUT2D eigenvalue weighted by atomic mass is 79.9. The molecule has 0 atom stereocenters. The predicted molar refractivity (Wildman–Crippen MR) is 127 cm³/mol. The number of hydrogen-bond acceptors (Lipinski definition) is 2. The van der Waals surface area contributed by atoms with Crippen molar-refractivity contribution in [3.63, 3.8) is 0 Å². The van der Waals surface area contributed by atoms with Gasteiger partial charge in [0.1, 0.15) is 0 Å². The highest BCUT2D eigenvalue weighted by molar-refractivity contribution is 9.10. The van der Waals surface area contributed by atoms with Gasteiger partial charge in [-0.15, -0.1) is 0 Å². The largest absolute Gasteiger partial charge is 0.378 e. The van der Waals surface area contributed by atoms with Gasteiger partial charge < -0.3 is 15.1 Å². The lowest BCUT2D eigenvalue weighted by atomic mass is 10.1. The second kappa shape index (κ2) is 9.71. The Bertz CT molecular complexity index is 893. The molecule has 0 saturated heterocycles. The molecule has 0 heterocycles. The summed E-state index contributed by atoms with van der Waals surface area (Å²) in [6, 6.07) is 27.1. The summed E-state index contributed by atoms with van der Waals surface area (Å²) < 4.78 is 1.05. The van der Waals surface area contributed by atoms with E-state index < -0.39 is 0 Å². The van der Waals surface area contributed by atoms with E-state index >= 15 is 0 Å². The molecule has 0 aromatic heterocycles. The molecule has 3 aromatic carbocycles. The molecule has 5 heteroatoms. The van der Waals surface area contributed by atoms with Crippen LogP contribution in [0.25, 0.3) is 0 Å². The number of rotatable bonds is 6. The summed E-state index contributed by atoms with van der Waals surface area (Å²) in [4.78, 5) is 4.29. The SMILES string of the molecule is CN(C)c1ccc(CN(Cc2ccccc2)C(=S)Nc2ccc(Br)cc2)cc1. The van der Waals surface area contributed by atoms with Gasteiger partial charge in [-0.3, -0.25) is 0 Å². The molecule has 0 radical (unpaired) electrons. The quantitative estimate of drug-likeness (QED) is 0.467. The average molecular weight is 454 g/mol. The van der Waals surface area contributed by atoms with Crippen LogP contribution < -0.4 is 10.2 Å². The normalized spacial score (nSPS) is 10.4. The topological polar surface area (TPSA) is 18.5 Å². The van der Waals surface area contributed by atoms with Gasteiger partial charge in [-0.2, -0.15) is 0 Å². The molecule has 0 saturated carbocycles. The van der Waals surface area contributed by atoms with E-state index in [1.165, 1.54) is 16.8 Å². The van der Waals surface area contributed by atoms with Crippen molar-refractivity contribution in [2.24, 2.45) is 0 Å². The van der Waals surface area contributed by atoms with E-state index in [0.29, 0.717) is 5.11 Å². The number of hydrogen-bond donors (Lipinski definition) is 1. The van der Waals surface area contributed by atoms with Crippen LogP contribution in [0.1, 0.15) is 11.1 Å². The number of benzene rings is 3. The minimum Gasteiger partial charge on any atom is -0.378 e. The van der Waals surface area contributed by atoms with E-state index in [9.17, 15) is 0 Å². The summed E-state index contributed by atoms with van der Waals surface area (Å²) in [6.45, 7) is 1.49. The molecule has 0 unspecified atom stereocenters. The molecule has 3 aromatic rings. The van der Waals surface area contributed by atoms with Gasteiger partial charge in [0.15, 0.2) is 5.11 Å². The minimum atomic E-state index is 0.711. The molecule has 0 spiro atoms. The van der Waals surface area contributed by atoms with Crippen molar-refractivity contribution in [1.29, 1.82) is 0 Å². The van der Waals surface area contributed by atoms with Gasteiger partial charge in [-0.05, 0) is 59.7 Å². The maximum absolute atomic E-state index is 5.75. The molecular formula is C23H24BrN3S. The van der Waals surface area contributed by atoms with Crippen molar-refractivity contribution >= 4 is 44.6 Å². The smallest absolute Gasteiger partial charge is 0.174 e. The summed E-state index contributed by atoms with van der Waals surface area (Å²) in [5.74, 6) is 0. The number of anilines is 2. The Morgan fingerprint density at radius 2 is 1.39 bits per heavy atom. The van der Waals surface area contributed by atoms with Crippen molar-refractivity contribution < 1.29 is 0 Å². The Kier molecular flexibility index (Phi) is 7.06. The van der Waals surface area contributed by atoms with E-state index in [1.54, 1.807) is 0 Å². The van der Waals surface area contributed by atoms with Crippen LogP contribution >= 0.6 is 28.1 Å². The van der Waals surface area contributed by atoms with E-state index in [-0.39, 0.29) is 0 Å². The molecule has 0 fully saturated rings. The predicted octanol–water partition coefficient (Wildman–Crippen LogP) is 5.91. The fraction of sp³-hybridized carbons (Fsp3) is 0.174. The molecular weight excluding hydrogens is 430 g/mol. The summed E-state index contributed by atoms with van der Waals surface area (Å²) >= 11 is 9.22. The third-order valence-electron chi connectivity index (χ3n) is 4.43. The third-order valence-corrected chi connectivity index (χ3v) is 5.31. The van der Waals surface area contributed by atoms with Gasteiger partial charge >= 0.3 is 0 Å². The lowest BCUT2D eigenvalue weighted by Gasteiger charge is -2.26. The van der Waals surface area contributed by atoms with Crippen molar-refractivity contribution in [3.8, 4) is 0 Å². The monoisotopic (exact) mass is 453 g/mol. The van der Waals surface area contributed by atoms with Crippen LogP contribution in [0.5, 0.6) is 0 Å². The van der Waals surface area contributed by atoms with Gasteiger partial charge in [-0.1, -0.05) is 58.4 Å². The first-order valence-electron chi connectivity index (χ1n) is 9.13. The van der Waals surface area contributed by atoms with Crippen molar-refractivity contribution in [2.45, 2.75) is 13.1 Å². The Morgan fingerprint density at radius 3 is 1.96 bits per heavy atom. The standard InChI is InChI=1S/C23H24BrN3S/c1-26(2)22-14-8-19(9-15-22)17-27(16-18-6-4-3-5-7-18)23(28)25-21-12-10-20(24)11-13-21/h3-15H,16-17H2,1-2H3,(H,25,28). The Balaban J connectivity index is 1.77. The summed E-state index contributed by atoms with van der Waals surface area (Å²) in [5.41, 5.74) is 4.62. The number of nitrogens with zero attached hydrogens (tertiary/aromatic N) is 2. The zero-order valence-electron chi connectivity index (χ0n) is 16.1. The Hall–Kier alpha value is -2.37. The lowest BCUT2D eigenvalue weighted by Crippen LogP contribution is -2.33. The summed E-state index contributed by atoms with van der Waals surface area (Å²) in [5, 5.41) is 4.08. The maximum Gasteiger partial charge on any atom is 0.174 e. The highest BCUT2D eigenvalue weighted by Gasteiger charge is 2.12. The van der Waals surface area contributed by atoms with Crippen LogP contribution in [0.3, 0.4) is 0 Å². The minimum absolute atomic E-state index is 0.711. The first kappa shape index (κ1) is 20.4. The third kappa shape index (κ3) is 5.81. The molecule has 28 heavy (non-hydrogen) atoms. The van der Waals surface area contributed by atoms with Crippen LogP contribution in [-0.4, -0.2) is 24.1 Å². The second-order valence-corrected chi connectivity index (χ2v) is 8.14. The molecule has 0 amide bonds. The van der Waals surface area contributed by atoms with Crippen molar-refractivity contribution in [1.82, 2.24) is 4.90 Å². The van der Waals surface area contributed by atoms with E-state index in [1.807, 2.05) is 44.4 Å². The van der Waals surface area contributed by atoms with E-state index in [2.05, 4.69) is 79.6 Å². The van der Waals surface area contributed by atoms with Gasteiger partial charge in [0.05, 0.1) is 0 Å². The fourth-order valence-corrected chi connectivity index (χ4v) is 3.37. The van der Waals surface area contributed by atoms with E-state index in [4.69, 9.17) is 12.2 Å². The molecule has 3 rings (SSSR count).